The van der Waals surface area contributed by atoms with E-state index in [1.165, 1.54) is 23.8 Å². The summed E-state index contributed by atoms with van der Waals surface area (Å²) in [5.41, 5.74) is 0.784. The summed E-state index contributed by atoms with van der Waals surface area (Å²) in [7, 11) is -2.11. The zero-order chi connectivity index (χ0) is 25.3. The standard InChI is InChI=1S/C24H23F2N3O5S/c1-4-34-23-22(33-2)10-8-18(27-23)21(13-35(3,31)32)29-20-9-5-14(11-19(20)28-24(29)30)16-12-15(25)6-7-17(16)26/h5-12,21H,4,13H2,1-3H3,(H,28,30). The molecular formula is C24H23F2N3O5S. The SMILES string of the molecule is CCOc1nc(C(CS(C)(=O)=O)n2c(=O)[nH]c3cc(-c4cc(F)ccc4F)ccc32)ccc1OC. The van der Waals surface area contributed by atoms with Crippen LogP contribution in [0.5, 0.6) is 11.6 Å². The van der Waals surface area contributed by atoms with Crippen molar-refractivity contribution in [1.82, 2.24) is 14.5 Å². The quantitative estimate of drug-likeness (QED) is 0.393. The van der Waals surface area contributed by atoms with Crippen molar-refractivity contribution < 1.29 is 26.7 Å². The van der Waals surface area contributed by atoms with E-state index in [0.717, 1.165) is 24.5 Å². The van der Waals surface area contributed by atoms with Gasteiger partial charge in [-0.3, -0.25) is 4.57 Å². The zero-order valence-corrected chi connectivity index (χ0v) is 20.0. The van der Waals surface area contributed by atoms with Gasteiger partial charge in [0.05, 0.1) is 42.2 Å². The van der Waals surface area contributed by atoms with Gasteiger partial charge in [-0.05, 0) is 55.0 Å². The van der Waals surface area contributed by atoms with Gasteiger partial charge in [0.1, 0.15) is 21.5 Å². The minimum atomic E-state index is -3.56. The van der Waals surface area contributed by atoms with Crippen molar-refractivity contribution in [3.8, 4) is 22.8 Å². The Morgan fingerprint density at radius 3 is 2.57 bits per heavy atom. The second-order valence-corrected chi connectivity index (χ2v) is 10.1. The number of imidazole rings is 1. The number of sulfone groups is 1. The van der Waals surface area contributed by atoms with Gasteiger partial charge < -0.3 is 14.5 Å². The average molecular weight is 504 g/mol. The van der Waals surface area contributed by atoms with Gasteiger partial charge in [-0.15, -0.1) is 0 Å². The number of aromatic amines is 1. The first-order valence-corrected chi connectivity index (χ1v) is 12.7. The summed E-state index contributed by atoms with van der Waals surface area (Å²) in [6.07, 6.45) is 1.07. The van der Waals surface area contributed by atoms with Gasteiger partial charge >= 0.3 is 5.69 Å². The number of H-pyrrole nitrogens is 1. The van der Waals surface area contributed by atoms with Crippen LogP contribution in [-0.4, -0.2) is 48.7 Å². The molecule has 0 amide bonds. The third-order valence-corrected chi connectivity index (χ3v) is 6.34. The number of nitrogens with zero attached hydrogens (tertiary/aromatic N) is 2. The molecule has 0 spiro atoms. The largest absolute Gasteiger partial charge is 0.491 e. The molecule has 0 saturated heterocycles. The Balaban J connectivity index is 1.89. The van der Waals surface area contributed by atoms with E-state index in [0.29, 0.717) is 29.0 Å². The molecule has 1 N–H and O–H groups in total. The average Bonchev–Trinajstić information content (AvgIpc) is 3.13. The molecule has 0 aliphatic heterocycles. The highest BCUT2D eigenvalue weighted by molar-refractivity contribution is 7.90. The van der Waals surface area contributed by atoms with E-state index < -0.39 is 39.0 Å². The molecule has 4 aromatic rings. The number of benzene rings is 2. The van der Waals surface area contributed by atoms with Gasteiger partial charge in [-0.25, -0.2) is 27.0 Å². The molecule has 8 nitrogen and oxygen atoms in total. The van der Waals surface area contributed by atoms with Crippen molar-refractivity contribution in [1.29, 1.82) is 0 Å². The lowest BCUT2D eigenvalue weighted by Crippen LogP contribution is -2.29. The number of fused-ring (bicyclic) bond motifs is 1. The highest BCUT2D eigenvalue weighted by Gasteiger charge is 2.26. The van der Waals surface area contributed by atoms with Gasteiger partial charge in [0.25, 0.3) is 5.88 Å². The van der Waals surface area contributed by atoms with E-state index >= 15 is 0 Å². The number of pyridine rings is 1. The van der Waals surface area contributed by atoms with Gasteiger partial charge in [-0.2, -0.15) is 0 Å². The minimum absolute atomic E-state index is 0.0337. The Morgan fingerprint density at radius 1 is 1.11 bits per heavy atom. The van der Waals surface area contributed by atoms with Crippen molar-refractivity contribution in [2.45, 2.75) is 13.0 Å². The summed E-state index contributed by atoms with van der Waals surface area (Å²) in [6, 6.07) is 9.87. The second kappa shape index (κ2) is 9.49. The van der Waals surface area contributed by atoms with Crippen LogP contribution in [0.25, 0.3) is 22.2 Å². The predicted octanol–water partition coefficient (Wildman–Crippen LogP) is 3.71. The molecule has 4 rings (SSSR count). The smallest absolute Gasteiger partial charge is 0.327 e. The summed E-state index contributed by atoms with van der Waals surface area (Å²) in [4.78, 5) is 20.2. The van der Waals surface area contributed by atoms with Gasteiger partial charge in [0.15, 0.2) is 5.75 Å². The van der Waals surface area contributed by atoms with Crippen LogP contribution in [-0.2, 0) is 9.84 Å². The first kappa shape index (κ1) is 24.4. The number of rotatable bonds is 8. The molecule has 0 aliphatic rings. The lowest BCUT2D eigenvalue weighted by atomic mass is 10.0. The van der Waals surface area contributed by atoms with Crippen molar-refractivity contribution in [3.05, 3.63) is 76.3 Å². The van der Waals surface area contributed by atoms with Crippen molar-refractivity contribution in [2.24, 2.45) is 0 Å². The molecule has 184 valence electrons. The molecule has 2 aromatic heterocycles. The molecule has 11 heteroatoms. The third kappa shape index (κ3) is 5.04. The second-order valence-electron chi connectivity index (χ2n) is 7.94. The van der Waals surface area contributed by atoms with Crippen LogP contribution in [0.15, 0.2) is 53.3 Å². The zero-order valence-electron chi connectivity index (χ0n) is 19.2. The third-order valence-electron chi connectivity index (χ3n) is 5.42. The first-order valence-electron chi connectivity index (χ1n) is 10.7. The van der Waals surface area contributed by atoms with Gasteiger partial charge in [0, 0.05) is 11.8 Å². The minimum Gasteiger partial charge on any atom is -0.491 e. The Labute approximate surface area is 200 Å². The molecule has 0 fully saturated rings. The van der Waals surface area contributed by atoms with E-state index in [9.17, 15) is 22.0 Å². The summed E-state index contributed by atoms with van der Waals surface area (Å²) in [5.74, 6) is -1.10. The van der Waals surface area contributed by atoms with Crippen LogP contribution in [0.2, 0.25) is 0 Å². The van der Waals surface area contributed by atoms with Crippen LogP contribution in [0, 0.1) is 11.6 Å². The molecule has 0 saturated carbocycles. The lowest BCUT2D eigenvalue weighted by Gasteiger charge is -2.19. The maximum atomic E-state index is 14.3. The van der Waals surface area contributed by atoms with Crippen LogP contribution in [0.3, 0.4) is 0 Å². The molecule has 1 atom stereocenters. The molecule has 35 heavy (non-hydrogen) atoms. The molecule has 1 unspecified atom stereocenters. The van der Waals surface area contributed by atoms with E-state index in [-0.39, 0.29) is 17.1 Å². The summed E-state index contributed by atoms with van der Waals surface area (Å²) in [6.45, 7) is 2.07. The Morgan fingerprint density at radius 2 is 1.89 bits per heavy atom. The fourth-order valence-corrected chi connectivity index (χ4v) is 4.82. The van der Waals surface area contributed by atoms with E-state index in [2.05, 4.69) is 9.97 Å². The number of ether oxygens (including phenoxy) is 2. The number of halogens is 2. The predicted molar refractivity (Wildman–Crippen MR) is 128 cm³/mol. The number of hydrogen-bond donors (Lipinski definition) is 1. The van der Waals surface area contributed by atoms with Gasteiger partial charge in [-0.1, -0.05) is 6.07 Å². The van der Waals surface area contributed by atoms with E-state index in [1.54, 1.807) is 25.1 Å². The lowest BCUT2D eigenvalue weighted by molar-refractivity contribution is 0.296. The van der Waals surface area contributed by atoms with Crippen LogP contribution in [0.4, 0.5) is 8.78 Å². The highest BCUT2D eigenvalue weighted by Crippen LogP contribution is 2.31. The molecule has 2 heterocycles. The summed E-state index contributed by atoms with van der Waals surface area (Å²) >= 11 is 0. The first-order chi connectivity index (χ1) is 16.6. The molecule has 2 aromatic carbocycles. The Kier molecular flexibility index (Phi) is 6.62. The maximum Gasteiger partial charge on any atom is 0.327 e. The number of hydrogen-bond acceptors (Lipinski definition) is 6. The monoisotopic (exact) mass is 503 g/mol. The summed E-state index contributed by atoms with van der Waals surface area (Å²) in [5, 5.41) is 0. The molecule has 0 aliphatic carbocycles. The van der Waals surface area contributed by atoms with Crippen molar-refractivity contribution in [3.63, 3.8) is 0 Å². The van der Waals surface area contributed by atoms with Crippen LogP contribution < -0.4 is 15.2 Å². The Hall–Kier alpha value is -3.73. The fourth-order valence-electron chi connectivity index (χ4n) is 3.93. The van der Waals surface area contributed by atoms with Crippen LogP contribution in [0.1, 0.15) is 18.7 Å². The number of methoxy groups -OCH3 is 1. The van der Waals surface area contributed by atoms with Crippen molar-refractivity contribution >= 4 is 20.9 Å². The molecule has 0 bridgehead atoms. The molecule has 0 radical (unpaired) electrons. The highest BCUT2D eigenvalue weighted by atomic mass is 32.2. The molecular weight excluding hydrogens is 480 g/mol. The normalized spacial score (nSPS) is 12.6. The Bertz CT molecular complexity index is 1560. The number of aromatic nitrogens is 3. The van der Waals surface area contributed by atoms with Crippen molar-refractivity contribution in [2.75, 3.05) is 25.7 Å². The topological polar surface area (TPSA) is 103 Å². The van der Waals surface area contributed by atoms with E-state index in [1.807, 2.05) is 0 Å². The summed E-state index contributed by atoms with van der Waals surface area (Å²) < 4.78 is 64.7. The fraction of sp³-hybridized carbons (Fsp3) is 0.250. The van der Waals surface area contributed by atoms with E-state index in [4.69, 9.17) is 9.47 Å². The number of nitrogens with one attached hydrogen (secondary N) is 1. The maximum absolute atomic E-state index is 14.3. The van der Waals surface area contributed by atoms with Crippen LogP contribution >= 0.6 is 0 Å². The van der Waals surface area contributed by atoms with Gasteiger partial charge in [0.2, 0.25) is 0 Å².